The van der Waals surface area contributed by atoms with Crippen LogP contribution in [0.1, 0.15) is 32.6 Å². The molecule has 0 radical (unpaired) electrons. The molecular weight excluding hydrogens is 294 g/mol. The van der Waals surface area contributed by atoms with Crippen LogP contribution in [0.4, 0.5) is 0 Å². The molecule has 1 aromatic rings. The highest BCUT2D eigenvalue weighted by molar-refractivity contribution is 7.89. The zero-order valence-corrected chi connectivity index (χ0v) is 12.9. The highest BCUT2D eigenvalue weighted by atomic mass is 32.2. The number of sulfonamides is 1. The van der Waals surface area contributed by atoms with Gasteiger partial charge in [0.25, 0.3) is 0 Å². The second-order valence-corrected chi connectivity index (χ2v) is 7.46. The SMILES string of the molecule is CC1CCCN(S(=O)(=O)c2cnn(CCC(=O)O)c2)CC1. The number of aromatic nitrogens is 2. The van der Waals surface area contributed by atoms with Crippen molar-refractivity contribution in [3.8, 4) is 0 Å². The minimum absolute atomic E-state index is 0.0810. The second kappa shape index (κ2) is 6.57. The van der Waals surface area contributed by atoms with E-state index in [1.807, 2.05) is 0 Å². The van der Waals surface area contributed by atoms with E-state index < -0.39 is 16.0 Å². The van der Waals surface area contributed by atoms with Crippen molar-refractivity contribution in [1.29, 1.82) is 0 Å². The lowest BCUT2D eigenvalue weighted by Gasteiger charge is -2.18. The Morgan fingerprint density at radius 2 is 2.19 bits per heavy atom. The van der Waals surface area contributed by atoms with Crippen LogP contribution in [0, 0.1) is 5.92 Å². The second-order valence-electron chi connectivity index (χ2n) is 5.52. The number of aliphatic carboxylic acids is 1. The summed E-state index contributed by atoms with van der Waals surface area (Å²) in [6.45, 7) is 3.37. The van der Waals surface area contributed by atoms with Crippen LogP contribution in [0.15, 0.2) is 17.3 Å². The molecule has 0 saturated carbocycles. The molecular formula is C13H21N3O4S. The summed E-state index contributed by atoms with van der Waals surface area (Å²) in [7, 11) is -3.52. The summed E-state index contributed by atoms with van der Waals surface area (Å²) in [5.41, 5.74) is 0. The lowest BCUT2D eigenvalue weighted by atomic mass is 10.0. The Bertz CT molecular complexity index is 596. The molecule has 1 atom stereocenters. The van der Waals surface area contributed by atoms with E-state index in [-0.39, 0.29) is 17.9 Å². The number of nitrogens with zero attached hydrogens (tertiary/aromatic N) is 3. The molecule has 1 fully saturated rings. The summed E-state index contributed by atoms with van der Waals surface area (Å²) < 4.78 is 28.0. The van der Waals surface area contributed by atoms with E-state index in [0.29, 0.717) is 19.0 Å². The molecule has 1 aliphatic rings. The molecule has 1 N–H and O–H groups in total. The highest BCUT2D eigenvalue weighted by Crippen LogP contribution is 2.22. The third-order valence-corrected chi connectivity index (χ3v) is 5.63. The molecule has 1 aliphatic heterocycles. The topological polar surface area (TPSA) is 92.5 Å². The summed E-state index contributed by atoms with van der Waals surface area (Å²) in [5, 5.41) is 12.6. The molecule has 1 aromatic heterocycles. The van der Waals surface area contributed by atoms with Gasteiger partial charge in [-0.1, -0.05) is 6.92 Å². The summed E-state index contributed by atoms with van der Waals surface area (Å²) in [6, 6.07) is 0. The summed E-state index contributed by atoms with van der Waals surface area (Å²) in [6.07, 6.45) is 5.41. The summed E-state index contributed by atoms with van der Waals surface area (Å²) in [5.74, 6) is -0.389. The maximum absolute atomic E-state index is 12.6. The Hall–Kier alpha value is -1.41. The molecule has 0 bridgehead atoms. The van der Waals surface area contributed by atoms with Gasteiger partial charge in [-0.3, -0.25) is 9.48 Å². The quantitative estimate of drug-likeness (QED) is 0.880. The molecule has 1 saturated heterocycles. The van der Waals surface area contributed by atoms with Crippen molar-refractivity contribution >= 4 is 16.0 Å². The molecule has 0 aromatic carbocycles. The minimum atomic E-state index is -3.52. The Balaban J connectivity index is 2.10. The Kier molecular flexibility index (Phi) is 5.00. The van der Waals surface area contributed by atoms with Gasteiger partial charge in [-0.25, -0.2) is 8.42 Å². The number of carbonyl (C=O) groups is 1. The van der Waals surface area contributed by atoms with Crippen LogP contribution in [0.3, 0.4) is 0 Å². The summed E-state index contributed by atoms with van der Waals surface area (Å²) >= 11 is 0. The number of carboxylic acids is 1. The molecule has 2 rings (SSSR count). The van der Waals surface area contributed by atoms with E-state index in [4.69, 9.17) is 5.11 Å². The van der Waals surface area contributed by atoms with Crippen molar-refractivity contribution in [2.45, 2.75) is 44.0 Å². The number of carboxylic acid groups (broad SMARTS) is 1. The number of aryl methyl sites for hydroxylation is 1. The monoisotopic (exact) mass is 315 g/mol. The van der Waals surface area contributed by atoms with Gasteiger partial charge in [-0.2, -0.15) is 9.40 Å². The average Bonchev–Trinajstić information content (AvgIpc) is 2.79. The first-order valence-electron chi connectivity index (χ1n) is 7.14. The van der Waals surface area contributed by atoms with Gasteiger partial charge in [0.1, 0.15) is 4.90 Å². The average molecular weight is 315 g/mol. The van der Waals surface area contributed by atoms with E-state index in [9.17, 15) is 13.2 Å². The fourth-order valence-electron chi connectivity index (χ4n) is 2.44. The first kappa shape index (κ1) is 16.0. The summed E-state index contributed by atoms with van der Waals surface area (Å²) in [4.78, 5) is 10.7. The van der Waals surface area contributed by atoms with Crippen LogP contribution in [0.25, 0.3) is 0 Å². The Labute approximate surface area is 124 Å². The Morgan fingerprint density at radius 1 is 1.43 bits per heavy atom. The first-order valence-corrected chi connectivity index (χ1v) is 8.58. The maximum atomic E-state index is 12.6. The standard InChI is InChI=1S/C13H21N3O4S/c1-11-3-2-6-16(8-4-11)21(19,20)12-9-14-15(10-12)7-5-13(17)18/h9-11H,2-8H2,1H3,(H,17,18). The van der Waals surface area contributed by atoms with Crippen LogP contribution < -0.4 is 0 Å². The Morgan fingerprint density at radius 3 is 2.90 bits per heavy atom. The molecule has 118 valence electrons. The van der Waals surface area contributed by atoms with Gasteiger partial charge in [-0.15, -0.1) is 0 Å². The van der Waals surface area contributed by atoms with E-state index in [1.54, 1.807) is 0 Å². The van der Waals surface area contributed by atoms with E-state index in [1.165, 1.54) is 21.4 Å². The van der Waals surface area contributed by atoms with Gasteiger partial charge in [0.05, 0.1) is 19.2 Å². The molecule has 21 heavy (non-hydrogen) atoms. The van der Waals surface area contributed by atoms with Crippen LogP contribution in [-0.4, -0.2) is 46.7 Å². The third-order valence-electron chi connectivity index (χ3n) is 3.78. The van der Waals surface area contributed by atoms with Crippen LogP contribution in [0.2, 0.25) is 0 Å². The van der Waals surface area contributed by atoms with Crippen LogP contribution >= 0.6 is 0 Å². The molecule has 8 heteroatoms. The van der Waals surface area contributed by atoms with E-state index >= 15 is 0 Å². The molecule has 1 unspecified atom stereocenters. The fraction of sp³-hybridized carbons (Fsp3) is 0.692. The number of hydrogen-bond acceptors (Lipinski definition) is 4. The van der Waals surface area contributed by atoms with E-state index in [2.05, 4.69) is 12.0 Å². The van der Waals surface area contributed by atoms with Crippen LogP contribution in [0.5, 0.6) is 0 Å². The van der Waals surface area contributed by atoms with Crippen molar-refractivity contribution in [3.63, 3.8) is 0 Å². The predicted octanol–water partition coefficient (Wildman–Crippen LogP) is 1.17. The third kappa shape index (κ3) is 4.04. The van der Waals surface area contributed by atoms with Crippen molar-refractivity contribution in [3.05, 3.63) is 12.4 Å². The van der Waals surface area contributed by atoms with Crippen molar-refractivity contribution in [2.75, 3.05) is 13.1 Å². The smallest absolute Gasteiger partial charge is 0.305 e. The molecule has 0 amide bonds. The van der Waals surface area contributed by atoms with Gasteiger partial charge in [0.15, 0.2) is 0 Å². The molecule has 0 aliphatic carbocycles. The van der Waals surface area contributed by atoms with Crippen molar-refractivity contribution in [1.82, 2.24) is 14.1 Å². The fourth-order valence-corrected chi connectivity index (χ4v) is 3.88. The largest absolute Gasteiger partial charge is 0.481 e. The predicted molar refractivity (Wildman–Crippen MR) is 76.3 cm³/mol. The number of hydrogen-bond donors (Lipinski definition) is 1. The zero-order chi connectivity index (χ0) is 15.5. The normalized spacial score (nSPS) is 21.1. The van der Waals surface area contributed by atoms with E-state index in [0.717, 1.165) is 19.3 Å². The van der Waals surface area contributed by atoms with Gasteiger partial charge in [0.2, 0.25) is 10.0 Å². The molecule has 0 spiro atoms. The highest BCUT2D eigenvalue weighted by Gasteiger charge is 2.27. The lowest BCUT2D eigenvalue weighted by molar-refractivity contribution is -0.137. The van der Waals surface area contributed by atoms with Crippen molar-refractivity contribution < 1.29 is 18.3 Å². The molecule has 7 nitrogen and oxygen atoms in total. The van der Waals surface area contributed by atoms with Crippen molar-refractivity contribution in [2.24, 2.45) is 5.92 Å². The zero-order valence-electron chi connectivity index (χ0n) is 12.1. The minimum Gasteiger partial charge on any atom is -0.481 e. The van der Waals surface area contributed by atoms with Gasteiger partial charge in [0, 0.05) is 19.3 Å². The van der Waals surface area contributed by atoms with Gasteiger partial charge in [-0.05, 0) is 25.2 Å². The van der Waals surface area contributed by atoms with Gasteiger partial charge >= 0.3 is 5.97 Å². The molecule has 2 heterocycles. The number of rotatable bonds is 5. The maximum Gasteiger partial charge on any atom is 0.305 e. The van der Waals surface area contributed by atoms with Crippen LogP contribution in [-0.2, 0) is 21.4 Å². The lowest BCUT2D eigenvalue weighted by Crippen LogP contribution is -2.31. The first-order chi connectivity index (χ1) is 9.89. The van der Waals surface area contributed by atoms with Gasteiger partial charge < -0.3 is 5.11 Å².